The van der Waals surface area contributed by atoms with E-state index in [1.54, 1.807) is 19.1 Å². The van der Waals surface area contributed by atoms with Crippen LogP contribution in [-0.4, -0.2) is 26.9 Å². The summed E-state index contributed by atoms with van der Waals surface area (Å²) in [5.74, 6) is -0.717. The molecular formula is C17H16ClFN2O3S. The van der Waals surface area contributed by atoms with Crippen LogP contribution in [0.5, 0.6) is 0 Å². The third kappa shape index (κ3) is 3.68. The molecule has 1 saturated heterocycles. The van der Waals surface area contributed by atoms with E-state index in [4.69, 9.17) is 11.6 Å². The van der Waals surface area contributed by atoms with Crippen LogP contribution in [0.1, 0.15) is 12.0 Å². The molecule has 0 radical (unpaired) electrons. The lowest BCUT2D eigenvalue weighted by molar-refractivity contribution is -0.118. The predicted molar refractivity (Wildman–Crippen MR) is 93.7 cm³/mol. The van der Waals surface area contributed by atoms with E-state index < -0.39 is 16.1 Å². The Morgan fingerprint density at radius 1 is 1.24 bits per heavy atom. The van der Waals surface area contributed by atoms with Gasteiger partial charge in [-0.3, -0.25) is 4.79 Å². The second-order valence-electron chi connectivity index (χ2n) is 5.84. The van der Waals surface area contributed by atoms with Gasteiger partial charge in [-0.25, -0.2) is 12.8 Å². The standard InChI is InChI=1S/C17H16ClFN2O3S/c1-11-9-13(5-6-15(11)19)21-8-7-16(17(21)22)20-25(23,24)14-4-2-3-12(18)10-14/h2-6,9-10,16,20H,7-8H2,1H3/t16-/m0/s1. The molecule has 0 saturated carbocycles. The van der Waals surface area contributed by atoms with Gasteiger partial charge in [0, 0.05) is 17.3 Å². The van der Waals surface area contributed by atoms with Crippen LogP contribution in [0.15, 0.2) is 47.4 Å². The number of hydrogen-bond acceptors (Lipinski definition) is 3. The zero-order chi connectivity index (χ0) is 18.2. The molecule has 1 heterocycles. The summed E-state index contributed by atoms with van der Waals surface area (Å²) in [6.07, 6.45) is 0.328. The molecule has 1 aliphatic rings. The smallest absolute Gasteiger partial charge is 0.245 e. The summed E-state index contributed by atoms with van der Waals surface area (Å²) in [5.41, 5.74) is 0.974. The topological polar surface area (TPSA) is 66.5 Å². The lowest BCUT2D eigenvalue weighted by atomic mass is 10.2. The molecule has 1 fully saturated rings. The molecule has 2 aromatic carbocycles. The molecule has 1 aliphatic heterocycles. The lowest BCUT2D eigenvalue weighted by Gasteiger charge is -2.18. The van der Waals surface area contributed by atoms with Gasteiger partial charge in [-0.05, 0) is 55.3 Å². The van der Waals surface area contributed by atoms with Crippen molar-refractivity contribution < 1.29 is 17.6 Å². The first-order valence-corrected chi connectivity index (χ1v) is 9.49. The number of halogens is 2. The SMILES string of the molecule is Cc1cc(N2CC[C@H](NS(=O)(=O)c3cccc(Cl)c3)C2=O)ccc1F. The molecule has 0 aromatic heterocycles. The maximum atomic E-state index is 13.4. The predicted octanol–water partition coefficient (Wildman–Crippen LogP) is 2.87. The quantitative estimate of drug-likeness (QED) is 0.884. The molecule has 3 rings (SSSR count). The van der Waals surface area contributed by atoms with Crippen LogP contribution in [0.3, 0.4) is 0 Å². The number of sulfonamides is 1. The van der Waals surface area contributed by atoms with E-state index in [-0.39, 0.29) is 16.6 Å². The van der Waals surface area contributed by atoms with E-state index in [1.165, 1.54) is 35.2 Å². The molecule has 5 nitrogen and oxygen atoms in total. The minimum Gasteiger partial charge on any atom is -0.311 e. The van der Waals surface area contributed by atoms with E-state index in [0.29, 0.717) is 29.2 Å². The molecule has 1 amide bonds. The van der Waals surface area contributed by atoms with Crippen molar-refractivity contribution in [2.75, 3.05) is 11.4 Å². The third-order valence-corrected chi connectivity index (χ3v) is 5.77. The van der Waals surface area contributed by atoms with Crippen molar-refractivity contribution in [3.63, 3.8) is 0 Å². The average molecular weight is 383 g/mol. The molecule has 25 heavy (non-hydrogen) atoms. The van der Waals surface area contributed by atoms with Gasteiger partial charge >= 0.3 is 0 Å². The van der Waals surface area contributed by atoms with Crippen LogP contribution in [0.25, 0.3) is 0 Å². The first-order valence-electron chi connectivity index (χ1n) is 7.63. The maximum absolute atomic E-state index is 13.4. The van der Waals surface area contributed by atoms with Crippen molar-refractivity contribution in [2.24, 2.45) is 0 Å². The third-order valence-electron chi connectivity index (χ3n) is 4.06. The Balaban J connectivity index is 1.79. The minimum absolute atomic E-state index is 0.00359. The first-order chi connectivity index (χ1) is 11.8. The molecule has 1 N–H and O–H groups in total. The summed E-state index contributed by atoms with van der Waals surface area (Å²) < 4.78 is 40.7. The highest BCUT2D eigenvalue weighted by atomic mass is 35.5. The zero-order valence-electron chi connectivity index (χ0n) is 13.4. The van der Waals surface area contributed by atoms with Gasteiger partial charge in [0.2, 0.25) is 15.9 Å². The molecule has 1 atom stereocenters. The van der Waals surface area contributed by atoms with Crippen molar-refractivity contribution in [3.8, 4) is 0 Å². The Morgan fingerprint density at radius 2 is 2.00 bits per heavy atom. The molecular weight excluding hydrogens is 367 g/mol. The number of carbonyl (C=O) groups excluding carboxylic acids is 1. The fourth-order valence-electron chi connectivity index (χ4n) is 2.73. The highest BCUT2D eigenvalue weighted by Gasteiger charge is 2.35. The van der Waals surface area contributed by atoms with E-state index in [2.05, 4.69) is 4.72 Å². The van der Waals surface area contributed by atoms with Crippen molar-refractivity contribution in [3.05, 3.63) is 58.9 Å². The number of nitrogens with one attached hydrogen (secondary N) is 1. The van der Waals surface area contributed by atoms with Crippen LogP contribution >= 0.6 is 11.6 Å². The van der Waals surface area contributed by atoms with Gasteiger partial charge in [0.15, 0.2) is 0 Å². The monoisotopic (exact) mass is 382 g/mol. The van der Waals surface area contributed by atoms with Crippen molar-refractivity contribution in [2.45, 2.75) is 24.3 Å². The first kappa shape index (κ1) is 17.8. The van der Waals surface area contributed by atoms with Crippen LogP contribution in [0.4, 0.5) is 10.1 Å². The van der Waals surface area contributed by atoms with E-state index in [0.717, 1.165) is 0 Å². The van der Waals surface area contributed by atoms with Crippen LogP contribution in [0.2, 0.25) is 5.02 Å². The number of aryl methyl sites for hydroxylation is 1. The van der Waals surface area contributed by atoms with Crippen molar-refractivity contribution in [1.82, 2.24) is 4.72 Å². The number of rotatable bonds is 4. The Bertz CT molecular complexity index is 933. The number of carbonyl (C=O) groups is 1. The Hall–Kier alpha value is -1.96. The van der Waals surface area contributed by atoms with Crippen molar-refractivity contribution >= 4 is 33.2 Å². The second-order valence-corrected chi connectivity index (χ2v) is 7.99. The summed E-state index contributed by atoms with van der Waals surface area (Å²) in [4.78, 5) is 14.0. The summed E-state index contributed by atoms with van der Waals surface area (Å²) >= 11 is 5.83. The van der Waals surface area contributed by atoms with Gasteiger partial charge in [0.1, 0.15) is 11.9 Å². The van der Waals surface area contributed by atoms with Crippen LogP contribution in [-0.2, 0) is 14.8 Å². The highest BCUT2D eigenvalue weighted by molar-refractivity contribution is 7.89. The second kappa shape index (κ2) is 6.74. The largest absolute Gasteiger partial charge is 0.311 e. The Kier molecular flexibility index (Phi) is 4.81. The molecule has 8 heteroatoms. The fourth-order valence-corrected chi connectivity index (χ4v) is 4.26. The maximum Gasteiger partial charge on any atom is 0.245 e. The summed E-state index contributed by atoms with van der Waals surface area (Å²) in [6.45, 7) is 1.96. The number of anilines is 1. The summed E-state index contributed by atoms with van der Waals surface area (Å²) in [7, 11) is -3.86. The molecule has 0 bridgehead atoms. The van der Waals surface area contributed by atoms with Gasteiger partial charge in [0.25, 0.3) is 0 Å². The normalized spacial score (nSPS) is 18.0. The summed E-state index contributed by atoms with van der Waals surface area (Å²) in [5, 5.41) is 0.295. The van der Waals surface area contributed by atoms with Gasteiger partial charge < -0.3 is 4.90 Å². The number of hydrogen-bond donors (Lipinski definition) is 1. The number of amides is 1. The molecule has 0 aliphatic carbocycles. The van der Waals surface area contributed by atoms with Crippen LogP contribution < -0.4 is 9.62 Å². The fraction of sp³-hybridized carbons (Fsp3) is 0.235. The average Bonchev–Trinajstić information content (AvgIpc) is 2.90. The lowest BCUT2D eigenvalue weighted by Crippen LogP contribution is -2.41. The molecule has 2 aromatic rings. The van der Waals surface area contributed by atoms with E-state index in [9.17, 15) is 17.6 Å². The molecule has 0 spiro atoms. The van der Waals surface area contributed by atoms with Gasteiger partial charge in [-0.15, -0.1) is 0 Å². The van der Waals surface area contributed by atoms with Gasteiger partial charge in [-0.1, -0.05) is 17.7 Å². The molecule has 132 valence electrons. The number of benzene rings is 2. The number of nitrogens with zero attached hydrogens (tertiary/aromatic N) is 1. The van der Waals surface area contributed by atoms with Gasteiger partial charge in [-0.2, -0.15) is 4.72 Å². The zero-order valence-corrected chi connectivity index (χ0v) is 14.9. The van der Waals surface area contributed by atoms with Crippen LogP contribution in [0, 0.1) is 12.7 Å². The van der Waals surface area contributed by atoms with Crippen molar-refractivity contribution in [1.29, 1.82) is 0 Å². The molecule has 0 unspecified atom stereocenters. The summed E-state index contributed by atoms with van der Waals surface area (Å²) in [6, 6.07) is 9.34. The highest BCUT2D eigenvalue weighted by Crippen LogP contribution is 2.25. The Morgan fingerprint density at radius 3 is 2.68 bits per heavy atom. The van der Waals surface area contributed by atoms with E-state index >= 15 is 0 Å². The minimum atomic E-state index is -3.86. The van der Waals surface area contributed by atoms with E-state index in [1.807, 2.05) is 0 Å². The Labute approximate surface area is 150 Å². The van der Waals surface area contributed by atoms with Gasteiger partial charge in [0.05, 0.1) is 4.90 Å².